The summed E-state index contributed by atoms with van der Waals surface area (Å²) in [4.78, 5) is 28.2. The summed E-state index contributed by atoms with van der Waals surface area (Å²) in [5, 5.41) is 0. The standard InChI is InChI=1S/C27H46N2O6/c1-9-10-11-23(26(31)35-27(4,5)6)29(17-24(32-7)33-8)25(30)22(28)16-20-12-14-21(15-13-20)34-18-19(2)3/h12-15,19,22-24H,9-11,16-18,28H2,1-8H3/t22-,23-/m0/s1. The van der Waals surface area contributed by atoms with E-state index in [0.29, 0.717) is 25.4 Å². The van der Waals surface area contributed by atoms with E-state index in [1.807, 2.05) is 31.2 Å². The van der Waals surface area contributed by atoms with Gasteiger partial charge in [0, 0.05) is 14.2 Å². The molecule has 0 aliphatic carbocycles. The molecule has 8 heteroatoms. The summed E-state index contributed by atoms with van der Waals surface area (Å²) in [6, 6.07) is 5.93. The number of hydrogen-bond acceptors (Lipinski definition) is 7. The minimum absolute atomic E-state index is 0.0646. The maximum absolute atomic E-state index is 13.6. The quantitative estimate of drug-likeness (QED) is 0.291. The highest BCUT2D eigenvalue weighted by molar-refractivity contribution is 5.88. The highest BCUT2D eigenvalue weighted by Crippen LogP contribution is 2.20. The van der Waals surface area contributed by atoms with Crippen molar-refractivity contribution in [2.24, 2.45) is 11.7 Å². The van der Waals surface area contributed by atoms with E-state index in [1.54, 1.807) is 20.8 Å². The van der Waals surface area contributed by atoms with Crippen LogP contribution in [-0.4, -0.2) is 68.1 Å². The lowest BCUT2D eigenvalue weighted by atomic mass is 10.0. The molecule has 0 saturated carbocycles. The topological polar surface area (TPSA) is 100 Å². The lowest BCUT2D eigenvalue weighted by Crippen LogP contribution is -2.55. The van der Waals surface area contributed by atoms with E-state index in [0.717, 1.165) is 24.2 Å². The van der Waals surface area contributed by atoms with Crippen LogP contribution in [0.15, 0.2) is 24.3 Å². The molecule has 0 fully saturated rings. The first-order valence-corrected chi connectivity index (χ1v) is 12.5. The fraction of sp³-hybridized carbons (Fsp3) is 0.704. The van der Waals surface area contributed by atoms with Crippen molar-refractivity contribution in [1.82, 2.24) is 4.90 Å². The first-order valence-electron chi connectivity index (χ1n) is 12.5. The fourth-order valence-electron chi connectivity index (χ4n) is 3.48. The van der Waals surface area contributed by atoms with Crippen molar-refractivity contribution in [1.29, 1.82) is 0 Å². The average molecular weight is 495 g/mol. The van der Waals surface area contributed by atoms with E-state index in [9.17, 15) is 9.59 Å². The van der Waals surface area contributed by atoms with Crippen LogP contribution in [0, 0.1) is 5.92 Å². The third kappa shape index (κ3) is 11.4. The predicted octanol–water partition coefficient (Wildman–Crippen LogP) is 3.94. The van der Waals surface area contributed by atoms with Gasteiger partial charge in [0.15, 0.2) is 6.29 Å². The molecule has 0 saturated heterocycles. The van der Waals surface area contributed by atoms with Crippen molar-refractivity contribution in [3.05, 3.63) is 29.8 Å². The number of amides is 1. The summed E-state index contributed by atoms with van der Waals surface area (Å²) in [6.45, 7) is 12.3. The molecule has 200 valence electrons. The Morgan fingerprint density at radius 1 is 1.06 bits per heavy atom. The summed E-state index contributed by atoms with van der Waals surface area (Å²) in [5.41, 5.74) is 6.60. The van der Waals surface area contributed by atoms with E-state index in [2.05, 4.69) is 13.8 Å². The number of rotatable bonds is 15. The van der Waals surface area contributed by atoms with E-state index in [-0.39, 0.29) is 12.5 Å². The van der Waals surface area contributed by atoms with Gasteiger partial charge >= 0.3 is 5.97 Å². The number of carbonyl (C=O) groups is 2. The number of ether oxygens (including phenoxy) is 4. The van der Waals surface area contributed by atoms with Crippen LogP contribution in [0.4, 0.5) is 0 Å². The van der Waals surface area contributed by atoms with E-state index in [4.69, 9.17) is 24.7 Å². The Morgan fingerprint density at radius 2 is 1.66 bits per heavy atom. The Hall–Kier alpha value is -2.16. The van der Waals surface area contributed by atoms with Gasteiger partial charge in [-0.15, -0.1) is 0 Å². The van der Waals surface area contributed by atoms with Crippen LogP contribution in [0.25, 0.3) is 0 Å². The molecule has 2 atom stereocenters. The normalized spacial score (nSPS) is 13.6. The smallest absolute Gasteiger partial charge is 0.329 e. The largest absolute Gasteiger partial charge is 0.493 e. The number of nitrogens with zero attached hydrogens (tertiary/aromatic N) is 1. The van der Waals surface area contributed by atoms with Crippen molar-refractivity contribution >= 4 is 11.9 Å². The van der Waals surface area contributed by atoms with Gasteiger partial charge in [0.05, 0.1) is 19.2 Å². The summed E-state index contributed by atoms with van der Waals surface area (Å²) < 4.78 is 22.1. The summed E-state index contributed by atoms with van der Waals surface area (Å²) in [5.74, 6) is 0.400. The van der Waals surface area contributed by atoms with Gasteiger partial charge in [-0.05, 0) is 57.2 Å². The molecule has 0 radical (unpaired) electrons. The maximum Gasteiger partial charge on any atom is 0.329 e. The second-order valence-electron chi connectivity index (χ2n) is 10.2. The van der Waals surface area contributed by atoms with Gasteiger partial charge in [0.2, 0.25) is 5.91 Å². The summed E-state index contributed by atoms with van der Waals surface area (Å²) >= 11 is 0. The third-order valence-corrected chi connectivity index (χ3v) is 5.32. The van der Waals surface area contributed by atoms with E-state index < -0.39 is 29.9 Å². The monoisotopic (exact) mass is 494 g/mol. The zero-order chi connectivity index (χ0) is 26.6. The first-order chi connectivity index (χ1) is 16.4. The number of methoxy groups -OCH3 is 2. The van der Waals surface area contributed by atoms with Gasteiger partial charge < -0.3 is 29.6 Å². The Balaban J connectivity index is 3.11. The molecule has 0 aliphatic heterocycles. The molecule has 8 nitrogen and oxygen atoms in total. The number of hydrogen-bond donors (Lipinski definition) is 1. The molecule has 1 aromatic rings. The minimum atomic E-state index is -0.849. The molecule has 0 spiro atoms. The van der Waals surface area contributed by atoms with Crippen LogP contribution in [-0.2, 0) is 30.2 Å². The van der Waals surface area contributed by atoms with Crippen molar-refractivity contribution in [2.45, 2.75) is 91.2 Å². The van der Waals surface area contributed by atoms with E-state index in [1.165, 1.54) is 19.1 Å². The molecule has 1 rings (SSSR count). The molecule has 2 N–H and O–H groups in total. The molecule has 35 heavy (non-hydrogen) atoms. The zero-order valence-electron chi connectivity index (χ0n) is 22.8. The number of carbonyl (C=O) groups excluding carboxylic acids is 2. The van der Waals surface area contributed by atoms with Crippen LogP contribution in [0.2, 0.25) is 0 Å². The van der Waals surface area contributed by atoms with Crippen LogP contribution >= 0.6 is 0 Å². The lowest BCUT2D eigenvalue weighted by molar-refractivity contribution is -0.172. The minimum Gasteiger partial charge on any atom is -0.493 e. The van der Waals surface area contributed by atoms with Gasteiger partial charge in [-0.2, -0.15) is 0 Å². The highest BCUT2D eigenvalue weighted by Gasteiger charge is 2.36. The Bertz CT molecular complexity index is 756. The molecule has 0 bridgehead atoms. The van der Waals surface area contributed by atoms with Gasteiger partial charge in [0.25, 0.3) is 0 Å². The molecule has 0 unspecified atom stereocenters. The molecular weight excluding hydrogens is 448 g/mol. The number of benzene rings is 1. The first kappa shape index (κ1) is 30.9. The highest BCUT2D eigenvalue weighted by atomic mass is 16.7. The van der Waals surface area contributed by atoms with Crippen LogP contribution in [0.1, 0.15) is 66.4 Å². The number of nitrogens with two attached hydrogens (primary N) is 1. The van der Waals surface area contributed by atoms with Crippen molar-refractivity contribution in [2.75, 3.05) is 27.4 Å². The second kappa shape index (κ2) is 15.1. The molecule has 0 aromatic heterocycles. The van der Waals surface area contributed by atoms with E-state index >= 15 is 0 Å². The Labute approximate surface area is 211 Å². The van der Waals surface area contributed by atoms with Gasteiger partial charge in [-0.25, -0.2) is 4.79 Å². The van der Waals surface area contributed by atoms with Crippen LogP contribution < -0.4 is 10.5 Å². The summed E-state index contributed by atoms with van der Waals surface area (Å²) in [6.07, 6.45) is 1.71. The zero-order valence-corrected chi connectivity index (χ0v) is 22.8. The van der Waals surface area contributed by atoms with Crippen molar-refractivity contribution in [3.63, 3.8) is 0 Å². The second-order valence-corrected chi connectivity index (χ2v) is 10.2. The molecule has 1 amide bonds. The molecular formula is C27H46N2O6. The number of esters is 1. The van der Waals surface area contributed by atoms with Crippen molar-refractivity contribution in [3.8, 4) is 5.75 Å². The summed E-state index contributed by atoms with van der Waals surface area (Å²) in [7, 11) is 2.99. The maximum atomic E-state index is 13.6. The third-order valence-electron chi connectivity index (χ3n) is 5.32. The van der Waals surface area contributed by atoms with Crippen LogP contribution in [0.3, 0.4) is 0 Å². The molecule has 1 aromatic carbocycles. The predicted molar refractivity (Wildman–Crippen MR) is 137 cm³/mol. The van der Waals surface area contributed by atoms with Crippen LogP contribution in [0.5, 0.6) is 5.75 Å². The lowest BCUT2D eigenvalue weighted by Gasteiger charge is -2.35. The SMILES string of the molecule is CCCC[C@@H](C(=O)OC(C)(C)C)N(CC(OC)OC)C(=O)[C@@H](N)Cc1ccc(OCC(C)C)cc1. The van der Waals surface area contributed by atoms with Gasteiger partial charge in [0.1, 0.15) is 17.4 Å². The average Bonchev–Trinajstić information content (AvgIpc) is 2.79. The Morgan fingerprint density at radius 3 is 2.14 bits per heavy atom. The number of unbranched alkanes of at least 4 members (excludes halogenated alkanes) is 1. The Kier molecular flexibility index (Phi) is 13.3. The van der Waals surface area contributed by atoms with Gasteiger partial charge in [-0.1, -0.05) is 45.7 Å². The molecule has 0 aliphatic rings. The van der Waals surface area contributed by atoms with Gasteiger partial charge in [-0.3, -0.25) is 4.79 Å². The molecule has 0 heterocycles. The fourth-order valence-corrected chi connectivity index (χ4v) is 3.48. The van der Waals surface area contributed by atoms with Crippen molar-refractivity contribution < 1.29 is 28.5 Å².